The first kappa shape index (κ1) is 16.2. The molecule has 6 heteroatoms. The van der Waals surface area contributed by atoms with Crippen LogP contribution in [-0.2, 0) is 4.79 Å². The second kappa shape index (κ2) is 7.73. The molecule has 1 amide bonds. The fourth-order valence-corrected chi connectivity index (χ4v) is 2.78. The Morgan fingerprint density at radius 1 is 1.43 bits per heavy atom. The van der Waals surface area contributed by atoms with E-state index in [-0.39, 0.29) is 30.8 Å². The van der Waals surface area contributed by atoms with Gasteiger partial charge < -0.3 is 10.4 Å². The lowest BCUT2D eigenvalue weighted by Gasteiger charge is -2.27. The number of benzene rings is 1. The molecule has 1 aromatic rings. The molecular weight excluding hydrogens is 295 g/mol. The highest BCUT2D eigenvalue weighted by Crippen LogP contribution is 2.20. The van der Waals surface area contributed by atoms with Crippen molar-refractivity contribution in [1.29, 1.82) is 0 Å². The number of carbonyl (C=O) groups is 1. The molecule has 0 radical (unpaired) electrons. The third-order valence-electron chi connectivity index (χ3n) is 3.76. The number of aliphatic hydroxyl groups is 1. The molecule has 2 rings (SSSR count). The van der Waals surface area contributed by atoms with Crippen molar-refractivity contribution in [2.75, 3.05) is 25.0 Å². The van der Waals surface area contributed by atoms with E-state index in [1.54, 1.807) is 0 Å². The van der Waals surface area contributed by atoms with Crippen molar-refractivity contribution in [2.24, 2.45) is 0 Å². The molecule has 4 nitrogen and oxygen atoms in total. The van der Waals surface area contributed by atoms with Crippen molar-refractivity contribution in [3.05, 3.63) is 29.0 Å². The van der Waals surface area contributed by atoms with Crippen LogP contribution in [0.15, 0.2) is 18.2 Å². The lowest BCUT2D eigenvalue weighted by molar-refractivity contribution is -0.118. The minimum atomic E-state index is -0.551. The van der Waals surface area contributed by atoms with Gasteiger partial charge >= 0.3 is 0 Å². The third-order valence-corrected chi connectivity index (χ3v) is 4.00. The molecule has 0 aromatic heterocycles. The number of hydrogen-bond acceptors (Lipinski definition) is 3. The number of halogens is 2. The molecule has 1 fully saturated rings. The number of aliphatic hydroxyl groups excluding tert-OH is 1. The largest absolute Gasteiger partial charge is 0.395 e. The van der Waals surface area contributed by atoms with Crippen LogP contribution in [0, 0.1) is 5.82 Å². The van der Waals surface area contributed by atoms with Gasteiger partial charge in [-0.2, -0.15) is 0 Å². The minimum absolute atomic E-state index is 0.00770. The lowest BCUT2D eigenvalue weighted by Crippen LogP contribution is -2.42. The van der Waals surface area contributed by atoms with Gasteiger partial charge in [0.05, 0.1) is 18.8 Å². The molecule has 1 aromatic carbocycles. The quantitative estimate of drug-likeness (QED) is 0.898. The summed E-state index contributed by atoms with van der Waals surface area (Å²) >= 11 is 5.68. The molecule has 0 spiro atoms. The first-order valence-corrected chi connectivity index (χ1v) is 7.58. The average molecular weight is 315 g/mol. The fraction of sp³-hybridized carbons (Fsp3) is 0.533. The molecule has 1 saturated heterocycles. The normalized spacial score (nSPS) is 20.0. The lowest BCUT2D eigenvalue weighted by atomic mass is 10.1. The van der Waals surface area contributed by atoms with Gasteiger partial charge in [0.1, 0.15) is 5.82 Å². The number of likely N-dealkylation sites (tertiary alicyclic amines) is 1. The summed E-state index contributed by atoms with van der Waals surface area (Å²) in [6.45, 7) is 0.984. The van der Waals surface area contributed by atoms with Crippen LogP contribution in [0.2, 0.25) is 5.02 Å². The van der Waals surface area contributed by atoms with Gasteiger partial charge in [-0.15, -0.1) is 0 Å². The van der Waals surface area contributed by atoms with Crippen molar-refractivity contribution in [1.82, 2.24) is 4.90 Å². The van der Waals surface area contributed by atoms with Crippen LogP contribution in [0.1, 0.15) is 25.7 Å². The predicted octanol–water partition coefficient (Wildman–Crippen LogP) is 2.65. The minimum Gasteiger partial charge on any atom is -0.395 e. The summed E-state index contributed by atoms with van der Waals surface area (Å²) in [6.07, 6.45) is 4.08. The molecule has 1 aliphatic rings. The summed E-state index contributed by atoms with van der Waals surface area (Å²) in [5.41, 5.74) is 0.125. The average Bonchev–Trinajstić information content (AvgIpc) is 2.67. The van der Waals surface area contributed by atoms with E-state index in [4.69, 9.17) is 11.6 Å². The van der Waals surface area contributed by atoms with Gasteiger partial charge in [-0.3, -0.25) is 9.69 Å². The second-order valence-electron chi connectivity index (χ2n) is 5.33. The molecule has 2 N–H and O–H groups in total. The van der Waals surface area contributed by atoms with E-state index in [1.807, 2.05) is 4.90 Å². The number of carbonyl (C=O) groups excluding carboxylic acids is 1. The second-order valence-corrected chi connectivity index (χ2v) is 5.76. The zero-order valence-electron chi connectivity index (χ0n) is 11.8. The number of hydrogen-bond donors (Lipinski definition) is 2. The molecule has 0 saturated carbocycles. The zero-order chi connectivity index (χ0) is 15.2. The first-order chi connectivity index (χ1) is 10.1. The van der Waals surface area contributed by atoms with Gasteiger partial charge in [0.25, 0.3) is 0 Å². The van der Waals surface area contributed by atoms with Crippen molar-refractivity contribution in [3.8, 4) is 0 Å². The Bertz CT molecular complexity index is 499. The SMILES string of the molecule is O=C(CN1CCCCCC1CO)Nc1ccc(Cl)cc1F. The highest BCUT2D eigenvalue weighted by molar-refractivity contribution is 6.30. The molecule has 0 bridgehead atoms. The van der Waals surface area contributed by atoms with Crippen LogP contribution in [0.4, 0.5) is 10.1 Å². The molecular formula is C15H20ClFN2O2. The van der Waals surface area contributed by atoms with Gasteiger partial charge in [-0.1, -0.05) is 24.4 Å². The third kappa shape index (κ3) is 4.66. The Labute approximate surface area is 128 Å². The van der Waals surface area contributed by atoms with Crippen LogP contribution in [0.5, 0.6) is 0 Å². The highest BCUT2D eigenvalue weighted by atomic mass is 35.5. The van der Waals surface area contributed by atoms with Gasteiger partial charge in [0.2, 0.25) is 5.91 Å². The standard InChI is InChI=1S/C15H20ClFN2O2/c16-11-5-6-14(13(17)8-11)18-15(21)9-19-7-3-1-2-4-12(19)10-20/h5-6,8,12,20H,1-4,7,9-10H2,(H,18,21). The predicted molar refractivity (Wildman–Crippen MR) is 81.0 cm³/mol. The monoisotopic (exact) mass is 314 g/mol. The van der Waals surface area contributed by atoms with E-state index in [0.717, 1.165) is 32.2 Å². The van der Waals surface area contributed by atoms with E-state index in [0.29, 0.717) is 5.02 Å². The molecule has 1 heterocycles. The van der Waals surface area contributed by atoms with Gasteiger partial charge in [0, 0.05) is 11.1 Å². The molecule has 1 aliphatic heterocycles. The number of rotatable bonds is 4. The van der Waals surface area contributed by atoms with E-state index in [9.17, 15) is 14.3 Å². The van der Waals surface area contributed by atoms with Crippen LogP contribution in [-0.4, -0.2) is 41.7 Å². The van der Waals surface area contributed by atoms with Gasteiger partial charge in [0.15, 0.2) is 0 Å². The molecule has 1 atom stereocenters. The number of anilines is 1. The topological polar surface area (TPSA) is 52.6 Å². The molecule has 21 heavy (non-hydrogen) atoms. The Balaban J connectivity index is 1.96. The summed E-state index contributed by atoms with van der Waals surface area (Å²) < 4.78 is 13.6. The van der Waals surface area contributed by atoms with E-state index in [1.165, 1.54) is 18.2 Å². The Hall–Kier alpha value is -1.17. The van der Waals surface area contributed by atoms with Crippen molar-refractivity contribution in [2.45, 2.75) is 31.7 Å². The Kier molecular flexibility index (Phi) is 5.96. The van der Waals surface area contributed by atoms with Gasteiger partial charge in [-0.05, 0) is 37.6 Å². The van der Waals surface area contributed by atoms with Crippen molar-refractivity contribution < 1.29 is 14.3 Å². The maximum atomic E-state index is 13.6. The summed E-state index contributed by atoms with van der Waals surface area (Å²) in [4.78, 5) is 14.0. The van der Waals surface area contributed by atoms with Crippen LogP contribution in [0.3, 0.4) is 0 Å². The Morgan fingerprint density at radius 3 is 2.95 bits per heavy atom. The smallest absolute Gasteiger partial charge is 0.238 e. The van der Waals surface area contributed by atoms with Crippen LogP contribution >= 0.6 is 11.6 Å². The first-order valence-electron chi connectivity index (χ1n) is 7.20. The molecule has 1 unspecified atom stereocenters. The molecule has 0 aliphatic carbocycles. The van der Waals surface area contributed by atoms with Crippen LogP contribution < -0.4 is 5.32 Å². The summed E-state index contributed by atoms with van der Waals surface area (Å²) in [6, 6.07) is 4.15. The van der Waals surface area contributed by atoms with Crippen molar-refractivity contribution in [3.63, 3.8) is 0 Å². The van der Waals surface area contributed by atoms with Crippen LogP contribution in [0.25, 0.3) is 0 Å². The maximum absolute atomic E-state index is 13.6. The number of nitrogens with one attached hydrogen (secondary N) is 1. The number of amides is 1. The van der Waals surface area contributed by atoms with E-state index < -0.39 is 5.82 Å². The molecule has 116 valence electrons. The maximum Gasteiger partial charge on any atom is 0.238 e. The van der Waals surface area contributed by atoms with Crippen molar-refractivity contribution >= 4 is 23.2 Å². The Morgan fingerprint density at radius 2 is 2.24 bits per heavy atom. The summed E-state index contributed by atoms with van der Waals surface area (Å²) in [5.74, 6) is -0.831. The van der Waals surface area contributed by atoms with Gasteiger partial charge in [-0.25, -0.2) is 4.39 Å². The van der Waals surface area contributed by atoms with E-state index in [2.05, 4.69) is 5.32 Å². The summed E-state index contributed by atoms with van der Waals surface area (Å²) in [7, 11) is 0. The number of nitrogens with zero attached hydrogens (tertiary/aromatic N) is 1. The fourth-order valence-electron chi connectivity index (χ4n) is 2.62. The van der Waals surface area contributed by atoms with E-state index >= 15 is 0 Å². The zero-order valence-corrected chi connectivity index (χ0v) is 12.6. The summed E-state index contributed by atoms with van der Waals surface area (Å²) in [5, 5.41) is 12.3. The highest BCUT2D eigenvalue weighted by Gasteiger charge is 2.22.